The summed E-state index contributed by atoms with van der Waals surface area (Å²) < 4.78 is 0.870. The molecule has 24 heavy (non-hydrogen) atoms. The van der Waals surface area contributed by atoms with E-state index < -0.39 is 0 Å². The molecule has 0 aliphatic rings. The maximum atomic E-state index is 11.8. The van der Waals surface area contributed by atoms with Gasteiger partial charge in [0.1, 0.15) is 0 Å². The summed E-state index contributed by atoms with van der Waals surface area (Å²) in [4.78, 5) is 23.5. The molecule has 0 unspecified atom stereocenters. The first-order valence-corrected chi connectivity index (χ1v) is 8.33. The Morgan fingerprint density at radius 2 is 1.79 bits per heavy atom. The van der Waals surface area contributed by atoms with E-state index in [4.69, 9.17) is 11.6 Å². The smallest absolute Gasteiger partial charge is 0.240 e. The molecule has 0 spiro atoms. The van der Waals surface area contributed by atoms with Gasteiger partial charge in [-0.25, -0.2) is 5.43 Å². The molecule has 0 bridgehead atoms. The van der Waals surface area contributed by atoms with Crippen molar-refractivity contribution in [2.24, 2.45) is 5.10 Å². The summed E-state index contributed by atoms with van der Waals surface area (Å²) in [5, 5.41) is 7.20. The number of carbonyl (C=O) groups excluding carboxylic acids is 2. The van der Waals surface area contributed by atoms with E-state index in [-0.39, 0.29) is 24.7 Å². The number of hydrogen-bond acceptors (Lipinski definition) is 3. The Morgan fingerprint density at radius 1 is 1.08 bits per heavy atom. The summed E-state index contributed by atoms with van der Waals surface area (Å²) in [7, 11) is 0. The molecule has 0 heterocycles. The minimum Gasteiger partial charge on any atom is -0.326 e. The Hall–Kier alpha value is -2.18. The molecule has 0 aliphatic carbocycles. The van der Waals surface area contributed by atoms with Crippen LogP contribution in [0.4, 0.5) is 5.69 Å². The van der Waals surface area contributed by atoms with Crippen LogP contribution in [0.3, 0.4) is 0 Å². The van der Waals surface area contributed by atoms with Crippen molar-refractivity contribution in [2.45, 2.75) is 12.8 Å². The molecule has 2 amide bonds. The van der Waals surface area contributed by atoms with E-state index in [1.807, 2.05) is 12.1 Å². The zero-order valence-corrected chi connectivity index (χ0v) is 15.0. The lowest BCUT2D eigenvalue weighted by Gasteiger charge is -2.05. The number of rotatable bonds is 6. The monoisotopic (exact) mass is 407 g/mol. The lowest BCUT2D eigenvalue weighted by Crippen LogP contribution is -2.20. The van der Waals surface area contributed by atoms with Gasteiger partial charge < -0.3 is 5.32 Å². The number of nitrogens with zero attached hydrogens (tertiary/aromatic N) is 1. The normalized spacial score (nSPS) is 10.6. The molecular formula is C17H15BrClN3O2. The van der Waals surface area contributed by atoms with Crippen LogP contribution in [0, 0.1) is 0 Å². The van der Waals surface area contributed by atoms with Crippen LogP contribution in [0.25, 0.3) is 0 Å². The first-order chi connectivity index (χ1) is 11.5. The average molecular weight is 409 g/mol. The molecular weight excluding hydrogens is 394 g/mol. The molecule has 0 radical (unpaired) electrons. The van der Waals surface area contributed by atoms with E-state index in [0.29, 0.717) is 10.7 Å². The van der Waals surface area contributed by atoms with Gasteiger partial charge in [0.25, 0.3) is 0 Å². The first-order valence-electron chi connectivity index (χ1n) is 7.16. The Labute approximate surface area is 153 Å². The number of nitrogens with one attached hydrogen (secondary N) is 2. The van der Waals surface area contributed by atoms with E-state index in [9.17, 15) is 9.59 Å². The molecule has 2 aromatic rings. The van der Waals surface area contributed by atoms with Gasteiger partial charge in [0.15, 0.2) is 0 Å². The van der Waals surface area contributed by atoms with Crippen LogP contribution in [-0.4, -0.2) is 18.0 Å². The average Bonchev–Trinajstić information content (AvgIpc) is 2.55. The second-order valence-electron chi connectivity index (χ2n) is 4.90. The van der Waals surface area contributed by atoms with Gasteiger partial charge in [-0.15, -0.1) is 0 Å². The zero-order valence-electron chi connectivity index (χ0n) is 12.6. The van der Waals surface area contributed by atoms with Crippen molar-refractivity contribution in [3.63, 3.8) is 0 Å². The molecule has 0 saturated heterocycles. The quantitative estimate of drug-likeness (QED) is 0.561. The van der Waals surface area contributed by atoms with Crippen molar-refractivity contribution in [3.8, 4) is 0 Å². The summed E-state index contributed by atoms with van der Waals surface area (Å²) >= 11 is 9.11. The largest absolute Gasteiger partial charge is 0.326 e. The third kappa shape index (κ3) is 6.52. The van der Waals surface area contributed by atoms with Gasteiger partial charge in [-0.05, 0) is 35.9 Å². The molecule has 2 rings (SSSR count). The van der Waals surface area contributed by atoms with Crippen molar-refractivity contribution < 1.29 is 9.59 Å². The van der Waals surface area contributed by atoms with Crippen LogP contribution < -0.4 is 10.7 Å². The lowest BCUT2D eigenvalue weighted by atomic mass is 10.2. The van der Waals surface area contributed by atoms with Gasteiger partial charge in [0, 0.05) is 28.0 Å². The van der Waals surface area contributed by atoms with Gasteiger partial charge in [-0.2, -0.15) is 5.10 Å². The number of carbonyl (C=O) groups is 2. The molecule has 0 saturated carbocycles. The van der Waals surface area contributed by atoms with Crippen molar-refractivity contribution in [1.29, 1.82) is 0 Å². The summed E-state index contributed by atoms with van der Waals surface area (Å²) in [6.07, 6.45) is 1.64. The maximum Gasteiger partial charge on any atom is 0.240 e. The van der Waals surface area contributed by atoms with E-state index in [1.165, 1.54) is 6.21 Å². The van der Waals surface area contributed by atoms with Crippen molar-refractivity contribution in [1.82, 2.24) is 5.43 Å². The summed E-state index contributed by atoms with van der Waals surface area (Å²) in [5.41, 5.74) is 3.87. The summed E-state index contributed by atoms with van der Waals surface area (Å²) in [6.45, 7) is 0. The van der Waals surface area contributed by atoms with Crippen LogP contribution in [0.1, 0.15) is 18.4 Å². The summed E-state index contributed by atoms with van der Waals surface area (Å²) in [6, 6.07) is 14.3. The van der Waals surface area contributed by atoms with E-state index in [2.05, 4.69) is 31.8 Å². The Morgan fingerprint density at radius 3 is 2.50 bits per heavy atom. The van der Waals surface area contributed by atoms with E-state index >= 15 is 0 Å². The zero-order chi connectivity index (χ0) is 17.4. The molecule has 2 aromatic carbocycles. The molecule has 7 heteroatoms. The van der Waals surface area contributed by atoms with Gasteiger partial charge >= 0.3 is 0 Å². The topological polar surface area (TPSA) is 70.6 Å². The van der Waals surface area contributed by atoms with Gasteiger partial charge in [-0.3, -0.25) is 9.59 Å². The highest BCUT2D eigenvalue weighted by Gasteiger charge is 2.06. The fraction of sp³-hybridized carbons (Fsp3) is 0.118. The standard InChI is InChI=1S/C17H15BrClN3O2/c18-13-2-1-3-15(10-13)21-16(23)8-9-17(24)22-20-11-12-4-6-14(19)7-5-12/h1-7,10-11H,8-9H2,(H,21,23)(H,22,24). The van der Waals surface area contributed by atoms with Crippen LogP contribution in [0.5, 0.6) is 0 Å². The minimum atomic E-state index is -0.329. The fourth-order valence-corrected chi connectivity index (χ4v) is 2.33. The third-order valence-electron chi connectivity index (χ3n) is 2.96. The van der Waals surface area contributed by atoms with Crippen LogP contribution in [-0.2, 0) is 9.59 Å². The second kappa shape index (κ2) is 9.20. The molecule has 0 atom stereocenters. The first kappa shape index (κ1) is 18.2. The Balaban J connectivity index is 1.72. The molecule has 0 fully saturated rings. The highest BCUT2D eigenvalue weighted by molar-refractivity contribution is 9.10. The van der Waals surface area contributed by atoms with Gasteiger partial charge in [-0.1, -0.05) is 45.7 Å². The third-order valence-corrected chi connectivity index (χ3v) is 3.71. The van der Waals surface area contributed by atoms with E-state index in [1.54, 1.807) is 36.4 Å². The van der Waals surface area contributed by atoms with Crippen LogP contribution >= 0.6 is 27.5 Å². The van der Waals surface area contributed by atoms with Crippen molar-refractivity contribution in [2.75, 3.05) is 5.32 Å². The van der Waals surface area contributed by atoms with E-state index in [0.717, 1.165) is 10.0 Å². The van der Waals surface area contributed by atoms with Crippen molar-refractivity contribution >= 4 is 51.2 Å². The fourth-order valence-electron chi connectivity index (χ4n) is 1.80. The van der Waals surface area contributed by atoms with Crippen molar-refractivity contribution in [3.05, 3.63) is 63.6 Å². The molecule has 124 valence electrons. The van der Waals surface area contributed by atoms with Crippen LogP contribution in [0.2, 0.25) is 5.02 Å². The molecule has 0 aliphatic heterocycles. The van der Waals surface area contributed by atoms with Gasteiger partial charge in [0.05, 0.1) is 6.21 Å². The number of hydrogen-bond donors (Lipinski definition) is 2. The number of benzene rings is 2. The van der Waals surface area contributed by atoms with Crippen LogP contribution in [0.15, 0.2) is 58.1 Å². The predicted octanol–water partition coefficient (Wildman–Crippen LogP) is 3.97. The highest BCUT2D eigenvalue weighted by Crippen LogP contribution is 2.15. The number of halogens is 2. The number of amides is 2. The second-order valence-corrected chi connectivity index (χ2v) is 6.26. The summed E-state index contributed by atoms with van der Waals surface area (Å²) in [5.74, 6) is -0.561. The molecule has 0 aromatic heterocycles. The maximum absolute atomic E-state index is 11.8. The molecule has 2 N–H and O–H groups in total. The number of anilines is 1. The predicted molar refractivity (Wildman–Crippen MR) is 99.2 cm³/mol. The highest BCUT2D eigenvalue weighted by atomic mass is 79.9. The SMILES string of the molecule is O=C(CCC(=O)Nc1cccc(Br)c1)NN=Cc1ccc(Cl)cc1. The minimum absolute atomic E-state index is 0.0534. The Bertz CT molecular complexity index is 748. The lowest BCUT2D eigenvalue weighted by molar-refractivity contribution is -0.124. The molecule has 5 nitrogen and oxygen atoms in total. The number of hydrazone groups is 1. The van der Waals surface area contributed by atoms with Gasteiger partial charge in [0.2, 0.25) is 11.8 Å². The Kier molecular flexibility index (Phi) is 6.96.